The van der Waals surface area contributed by atoms with Crippen LogP contribution in [0.25, 0.3) is 0 Å². The highest BCUT2D eigenvalue weighted by molar-refractivity contribution is 7.15. The molecule has 1 aromatic carbocycles. The Morgan fingerprint density at radius 3 is 2.79 bits per heavy atom. The normalized spacial score (nSPS) is 16.2. The summed E-state index contributed by atoms with van der Waals surface area (Å²) in [6.07, 6.45) is 5.89. The first-order valence-corrected chi connectivity index (χ1v) is 9.10. The van der Waals surface area contributed by atoms with Gasteiger partial charge in [0.1, 0.15) is 0 Å². The predicted octanol–water partition coefficient (Wildman–Crippen LogP) is 4.18. The molecule has 1 atom stereocenters. The summed E-state index contributed by atoms with van der Waals surface area (Å²) in [5, 5.41) is 3.66. The fraction of sp³-hybridized carbons (Fsp3) is 0.444. The lowest BCUT2D eigenvalue weighted by molar-refractivity contribution is 0.102. The Balaban J connectivity index is 0.00000208. The lowest BCUT2D eigenvalue weighted by Crippen LogP contribution is -2.13. The van der Waals surface area contributed by atoms with E-state index in [1.807, 2.05) is 24.3 Å². The number of fused-ring (bicyclic) bond motifs is 1. The van der Waals surface area contributed by atoms with E-state index in [1.165, 1.54) is 29.8 Å². The van der Waals surface area contributed by atoms with Crippen LogP contribution in [0, 0.1) is 5.92 Å². The molecule has 1 aliphatic carbocycles. The number of anilines is 1. The number of halogens is 1. The average Bonchev–Trinajstić information content (AvgIpc) is 2.96. The van der Waals surface area contributed by atoms with Crippen molar-refractivity contribution in [2.75, 3.05) is 5.32 Å². The fourth-order valence-electron chi connectivity index (χ4n) is 3.11. The highest BCUT2D eigenvalue weighted by Crippen LogP contribution is 2.34. The molecule has 1 unspecified atom stereocenters. The first-order valence-electron chi connectivity index (χ1n) is 8.28. The fourth-order valence-corrected chi connectivity index (χ4v) is 4.23. The van der Waals surface area contributed by atoms with Crippen molar-refractivity contribution in [3.63, 3.8) is 0 Å². The van der Waals surface area contributed by atoms with Gasteiger partial charge >= 0.3 is 0 Å². The van der Waals surface area contributed by atoms with Gasteiger partial charge in [0.25, 0.3) is 5.91 Å². The maximum atomic E-state index is 12.3. The maximum Gasteiger partial charge on any atom is 0.257 e. The van der Waals surface area contributed by atoms with Crippen molar-refractivity contribution in [3.8, 4) is 0 Å². The monoisotopic (exact) mass is 365 g/mol. The highest BCUT2D eigenvalue weighted by atomic mass is 35.5. The van der Waals surface area contributed by atoms with Gasteiger partial charge in [0, 0.05) is 17.0 Å². The van der Waals surface area contributed by atoms with E-state index >= 15 is 0 Å². The summed E-state index contributed by atoms with van der Waals surface area (Å²) < 4.78 is 0. The van der Waals surface area contributed by atoms with Crippen molar-refractivity contribution in [3.05, 3.63) is 46.0 Å². The first-order chi connectivity index (χ1) is 11.2. The lowest BCUT2D eigenvalue weighted by Gasteiger charge is -2.19. The molecule has 2 aromatic rings. The van der Waals surface area contributed by atoms with E-state index in [2.05, 4.69) is 17.2 Å². The van der Waals surface area contributed by atoms with Gasteiger partial charge in [0.15, 0.2) is 5.13 Å². The molecule has 6 heteroatoms. The third-order valence-corrected chi connectivity index (χ3v) is 5.45. The van der Waals surface area contributed by atoms with Gasteiger partial charge in [-0.3, -0.25) is 10.1 Å². The molecule has 0 aliphatic heterocycles. The van der Waals surface area contributed by atoms with E-state index in [0.717, 1.165) is 29.5 Å². The van der Waals surface area contributed by atoms with Crippen LogP contribution in [0.3, 0.4) is 0 Å². The summed E-state index contributed by atoms with van der Waals surface area (Å²) in [6.45, 7) is 2.73. The van der Waals surface area contributed by atoms with E-state index in [1.54, 1.807) is 11.3 Å². The number of aryl methyl sites for hydroxylation is 1. The minimum absolute atomic E-state index is 0. The summed E-state index contributed by atoms with van der Waals surface area (Å²) in [4.78, 5) is 18.3. The molecule has 0 saturated carbocycles. The Morgan fingerprint density at radius 1 is 1.38 bits per heavy atom. The van der Waals surface area contributed by atoms with Crippen LogP contribution in [0.5, 0.6) is 0 Å². The van der Waals surface area contributed by atoms with Crippen LogP contribution < -0.4 is 11.1 Å². The maximum absolute atomic E-state index is 12.3. The van der Waals surface area contributed by atoms with E-state index in [4.69, 9.17) is 5.73 Å². The molecule has 0 saturated heterocycles. The van der Waals surface area contributed by atoms with E-state index < -0.39 is 0 Å². The molecule has 1 amide bonds. The minimum atomic E-state index is -0.107. The molecule has 1 aromatic heterocycles. The Morgan fingerprint density at radius 2 is 2.12 bits per heavy atom. The third kappa shape index (κ3) is 4.35. The van der Waals surface area contributed by atoms with E-state index in [-0.39, 0.29) is 18.3 Å². The number of nitrogens with zero attached hydrogens (tertiary/aromatic N) is 1. The number of carbonyl (C=O) groups is 1. The van der Waals surface area contributed by atoms with Crippen molar-refractivity contribution in [1.82, 2.24) is 4.98 Å². The molecule has 3 N–H and O–H groups in total. The number of benzene rings is 1. The van der Waals surface area contributed by atoms with Gasteiger partial charge in [-0.2, -0.15) is 0 Å². The SMILES string of the molecule is CCCC1CCc2nc(NC(=O)c3ccc(CN)cc3)sc2C1.Cl. The summed E-state index contributed by atoms with van der Waals surface area (Å²) >= 11 is 1.63. The molecule has 3 rings (SSSR count). The Bertz CT molecular complexity index is 684. The van der Waals surface area contributed by atoms with Crippen LogP contribution in [-0.2, 0) is 19.4 Å². The second-order valence-electron chi connectivity index (χ2n) is 6.14. The molecule has 0 bridgehead atoms. The quantitative estimate of drug-likeness (QED) is 0.835. The average molecular weight is 366 g/mol. The molecule has 0 fully saturated rings. The van der Waals surface area contributed by atoms with Gasteiger partial charge in [0.05, 0.1) is 5.69 Å². The number of hydrogen-bond donors (Lipinski definition) is 2. The van der Waals surface area contributed by atoms with Crippen LogP contribution in [0.2, 0.25) is 0 Å². The standard InChI is InChI=1S/C18H23N3OS.ClH/c1-2-3-12-6-9-15-16(10-12)23-18(20-15)21-17(22)14-7-4-13(11-19)5-8-14;/h4-5,7-8,12H,2-3,6,9-11,19H2,1H3,(H,20,21,22);1H. The number of thiazole rings is 1. The van der Waals surface area contributed by atoms with Crippen molar-refractivity contribution in [2.45, 2.75) is 45.6 Å². The van der Waals surface area contributed by atoms with Crippen molar-refractivity contribution in [2.24, 2.45) is 11.7 Å². The number of nitrogens with two attached hydrogens (primary N) is 1. The van der Waals surface area contributed by atoms with Crippen molar-refractivity contribution < 1.29 is 4.79 Å². The second-order valence-corrected chi connectivity index (χ2v) is 7.23. The van der Waals surface area contributed by atoms with Gasteiger partial charge in [-0.05, 0) is 42.9 Å². The zero-order valence-electron chi connectivity index (χ0n) is 13.9. The van der Waals surface area contributed by atoms with Crippen LogP contribution in [0.4, 0.5) is 5.13 Å². The largest absolute Gasteiger partial charge is 0.326 e. The summed E-state index contributed by atoms with van der Waals surface area (Å²) in [7, 11) is 0. The highest BCUT2D eigenvalue weighted by Gasteiger charge is 2.22. The van der Waals surface area contributed by atoms with Gasteiger partial charge in [-0.15, -0.1) is 23.7 Å². The molecule has 0 radical (unpaired) electrons. The van der Waals surface area contributed by atoms with Crippen LogP contribution in [0.15, 0.2) is 24.3 Å². The Kier molecular flexibility index (Phi) is 6.78. The van der Waals surface area contributed by atoms with Crippen LogP contribution in [-0.4, -0.2) is 10.9 Å². The molecule has 4 nitrogen and oxygen atoms in total. The smallest absolute Gasteiger partial charge is 0.257 e. The van der Waals surface area contributed by atoms with Crippen molar-refractivity contribution in [1.29, 1.82) is 0 Å². The van der Waals surface area contributed by atoms with Gasteiger partial charge in [-0.25, -0.2) is 4.98 Å². The topological polar surface area (TPSA) is 68.0 Å². The number of amides is 1. The van der Waals surface area contributed by atoms with E-state index in [9.17, 15) is 4.79 Å². The Hall–Kier alpha value is -1.43. The van der Waals surface area contributed by atoms with Gasteiger partial charge in [0.2, 0.25) is 0 Å². The molecular weight excluding hydrogens is 342 g/mol. The van der Waals surface area contributed by atoms with Gasteiger partial charge in [-0.1, -0.05) is 31.9 Å². The minimum Gasteiger partial charge on any atom is -0.326 e. The van der Waals surface area contributed by atoms with Crippen molar-refractivity contribution >= 4 is 34.8 Å². The zero-order chi connectivity index (χ0) is 16.2. The summed E-state index contributed by atoms with van der Waals surface area (Å²) in [5.74, 6) is 0.671. The predicted molar refractivity (Wildman–Crippen MR) is 102 cm³/mol. The molecule has 130 valence electrons. The zero-order valence-corrected chi connectivity index (χ0v) is 15.5. The second kappa shape index (κ2) is 8.60. The number of carbonyl (C=O) groups excluding carboxylic acids is 1. The summed E-state index contributed by atoms with van der Waals surface area (Å²) in [6, 6.07) is 7.39. The first kappa shape index (κ1) is 18.9. The van der Waals surface area contributed by atoms with Crippen LogP contribution >= 0.6 is 23.7 Å². The number of rotatable bonds is 5. The van der Waals surface area contributed by atoms with E-state index in [0.29, 0.717) is 12.1 Å². The molecule has 0 spiro atoms. The lowest BCUT2D eigenvalue weighted by atomic mass is 9.88. The van der Waals surface area contributed by atoms with Gasteiger partial charge < -0.3 is 5.73 Å². The number of nitrogens with one attached hydrogen (secondary N) is 1. The Labute approximate surface area is 153 Å². The number of hydrogen-bond acceptors (Lipinski definition) is 4. The third-order valence-electron chi connectivity index (χ3n) is 4.41. The summed E-state index contributed by atoms with van der Waals surface area (Å²) in [5.41, 5.74) is 8.42. The molecule has 1 heterocycles. The molecule has 24 heavy (non-hydrogen) atoms. The molecule has 1 aliphatic rings. The number of aromatic nitrogens is 1. The molecular formula is C18H24ClN3OS. The van der Waals surface area contributed by atoms with Crippen LogP contribution in [0.1, 0.15) is 52.7 Å².